The summed E-state index contributed by atoms with van der Waals surface area (Å²) >= 11 is 0. The lowest BCUT2D eigenvalue weighted by Crippen LogP contribution is -3.20. The summed E-state index contributed by atoms with van der Waals surface area (Å²) in [6, 6.07) is 8.28. The van der Waals surface area contributed by atoms with E-state index in [1.165, 1.54) is 24.2 Å². The highest BCUT2D eigenvalue weighted by atomic mass is 16.5. The fraction of sp³-hybridized carbons (Fsp3) is 0.611. The number of aliphatic hydroxyl groups excluding tert-OH is 1. The van der Waals surface area contributed by atoms with Crippen LogP contribution in [0.2, 0.25) is 0 Å². The Kier molecular flexibility index (Phi) is 5.98. The van der Waals surface area contributed by atoms with Crippen molar-refractivity contribution in [2.45, 2.75) is 58.2 Å². The van der Waals surface area contributed by atoms with E-state index in [4.69, 9.17) is 4.74 Å². The van der Waals surface area contributed by atoms with E-state index in [9.17, 15) is 9.90 Å². The Morgan fingerprint density at radius 1 is 1.27 bits per heavy atom. The Morgan fingerprint density at radius 3 is 2.41 bits per heavy atom. The normalized spacial score (nSPS) is 26.5. The van der Waals surface area contributed by atoms with Crippen LogP contribution in [-0.2, 0) is 0 Å². The third-order valence-electron chi connectivity index (χ3n) is 4.71. The average molecular weight is 306 g/mol. The number of Topliss-reactive ketones (excluding diaryl/α,β-unsaturated/α-hetero) is 1. The van der Waals surface area contributed by atoms with Gasteiger partial charge in [0.25, 0.3) is 0 Å². The highest BCUT2D eigenvalue weighted by Crippen LogP contribution is 2.13. The van der Waals surface area contributed by atoms with Gasteiger partial charge in [-0.25, -0.2) is 0 Å². The molecule has 1 aliphatic rings. The molecule has 0 amide bonds. The summed E-state index contributed by atoms with van der Waals surface area (Å²) < 4.78 is 5.64. The topological polar surface area (TPSA) is 51.0 Å². The van der Waals surface area contributed by atoms with Gasteiger partial charge in [0, 0.05) is 5.56 Å². The van der Waals surface area contributed by atoms with E-state index >= 15 is 0 Å². The number of ether oxygens (including phenoxy) is 1. The summed E-state index contributed by atoms with van der Waals surface area (Å²) in [6.07, 6.45) is 3.30. The lowest BCUT2D eigenvalue weighted by atomic mass is 9.97. The minimum Gasteiger partial charge on any atom is -0.491 e. The molecule has 0 aliphatic carbocycles. The quantitative estimate of drug-likeness (QED) is 0.783. The Labute approximate surface area is 133 Å². The van der Waals surface area contributed by atoms with Crippen LogP contribution in [-0.4, -0.2) is 42.2 Å². The number of hydrogen-bond donors (Lipinski definition) is 2. The molecule has 1 aromatic carbocycles. The zero-order chi connectivity index (χ0) is 16.1. The molecule has 4 heteroatoms. The molecule has 0 saturated carbocycles. The molecule has 0 radical (unpaired) electrons. The molecule has 122 valence electrons. The number of nitrogens with one attached hydrogen (secondary N) is 1. The molecule has 22 heavy (non-hydrogen) atoms. The zero-order valence-corrected chi connectivity index (χ0v) is 13.8. The van der Waals surface area contributed by atoms with Gasteiger partial charge in [0.2, 0.25) is 0 Å². The molecule has 0 spiro atoms. The van der Waals surface area contributed by atoms with E-state index in [2.05, 4.69) is 13.8 Å². The molecule has 4 atom stereocenters. The predicted octanol–water partition coefficient (Wildman–Crippen LogP) is 1.47. The van der Waals surface area contributed by atoms with Crippen LogP contribution in [0.4, 0.5) is 0 Å². The molecule has 4 nitrogen and oxygen atoms in total. The third kappa shape index (κ3) is 4.55. The maximum atomic E-state index is 11.2. The molecule has 0 bridgehead atoms. The molecule has 2 rings (SSSR count). The maximum absolute atomic E-state index is 11.2. The first-order valence-corrected chi connectivity index (χ1v) is 8.25. The minimum absolute atomic E-state index is 0.0447. The van der Waals surface area contributed by atoms with Gasteiger partial charge in [-0.3, -0.25) is 4.79 Å². The molecular weight excluding hydrogens is 278 g/mol. The van der Waals surface area contributed by atoms with Crippen molar-refractivity contribution in [3.63, 3.8) is 0 Å². The van der Waals surface area contributed by atoms with Crippen molar-refractivity contribution >= 4 is 5.78 Å². The van der Waals surface area contributed by atoms with Crippen LogP contribution < -0.4 is 9.64 Å². The van der Waals surface area contributed by atoms with Crippen LogP contribution >= 0.6 is 0 Å². The van der Waals surface area contributed by atoms with Crippen LogP contribution in [0, 0.1) is 0 Å². The highest BCUT2D eigenvalue weighted by molar-refractivity contribution is 5.94. The van der Waals surface area contributed by atoms with E-state index in [1.807, 2.05) is 0 Å². The first-order chi connectivity index (χ1) is 10.5. The van der Waals surface area contributed by atoms with Gasteiger partial charge in [0.1, 0.15) is 25.0 Å². The Balaban J connectivity index is 1.81. The van der Waals surface area contributed by atoms with Gasteiger partial charge >= 0.3 is 0 Å². The van der Waals surface area contributed by atoms with Crippen LogP contribution in [0.15, 0.2) is 24.3 Å². The van der Waals surface area contributed by atoms with Crippen molar-refractivity contribution < 1.29 is 19.5 Å². The Hall–Kier alpha value is -1.39. The van der Waals surface area contributed by atoms with E-state index in [1.54, 1.807) is 31.2 Å². The van der Waals surface area contributed by atoms with Crippen molar-refractivity contribution in [3.8, 4) is 5.75 Å². The number of benzene rings is 1. The molecule has 1 fully saturated rings. The maximum Gasteiger partial charge on any atom is 0.159 e. The zero-order valence-electron chi connectivity index (χ0n) is 13.8. The lowest BCUT2D eigenvalue weighted by Gasteiger charge is -2.36. The first-order valence-electron chi connectivity index (χ1n) is 8.25. The second-order valence-electron chi connectivity index (χ2n) is 6.56. The number of ketones is 1. The number of likely N-dealkylation sites (tertiary alicyclic amines) is 1. The number of carbonyl (C=O) groups excluding carboxylic acids is 1. The predicted molar refractivity (Wildman–Crippen MR) is 86.6 cm³/mol. The SMILES string of the molecule is CC(=O)c1ccc(OC[C@@H](O)C[NH+]2[C@H](C)CCC[C@@H]2C)cc1. The standard InChI is InChI=1S/C18H27NO3/c1-13-5-4-6-14(2)19(13)11-17(21)12-22-18-9-7-16(8-10-18)15(3)20/h7-10,13-14,17,21H,4-6,11-12H2,1-3H3/p+1/t13-,14+,17-/m0/s1. The summed E-state index contributed by atoms with van der Waals surface area (Å²) in [5.74, 6) is 0.738. The second-order valence-corrected chi connectivity index (χ2v) is 6.56. The molecule has 1 saturated heterocycles. The van der Waals surface area contributed by atoms with Gasteiger partial charge in [0.05, 0.1) is 12.1 Å². The molecule has 1 heterocycles. The number of rotatable bonds is 6. The Bertz CT molecular complexity index is 476. The van der Waals surface area contributed by atoms with E-state index in [-0.39, 0.29) is 5.78 Å². The summed E-state index contributed by atoms with van der Waals surface area (Å²) in [5, 5.41) is 10.2. The summed E-state index contributed by atoms with van der Waals surface area (Å²) in [5.41, 5.74) is 0.674. The third-order valence-corrected chi connectivity index (χ3v) is 4.71. The van der Waals surface area contributed by atoms with Gasteiger partial charge in [-0.15, -0.1) is 0 Å². The molecular formula is C18H28NO3+. The van der Waals surface area contributed by atoms with E-state index < -0.39 is 6.10 Å². The minimum atomic E-state index is -0.467. The van der Waals surface area contributed by atoms with Crippen molar-refractivity contribution in [1.29, 1.82) is 0 Å². The molecule has 1 aliphatic heterocycles. The van der Waals surface area contributed by atoms with Gasteiger partial charge in [-0.2, -0.15) is 0 Å². The number of aliphatic hydroxyl groups is 1. The number of hydrogen-bond acceptors (Lipinski definition) is 3. The Morgan fingerprint density at radius 2 is 1.86 bits per heavy atom. The number of quaternary nitrogens is 1. The van der Waals surface area contributed by atoms with Gasteiger partial charge in [-0.1, -0.05) is 0 Å². The largest absolute Gasteiger partial charge is 0.491 e. The number of piperidine rings is 1. The average Bonchev–Trinajstić information content (AvgIpc) is 2.49. The van der Waals surface area contributed by atoms with Crippen molar-refractivity contribution in [3.05, 3.63) is 29.8 Å². The molecule has 1 aromatic rings. The lowest BCUT2D eigenvalue weighted by molar-refractivity contribution is -0.954. The number of carbonyl (C=O) groups is 1. The van der Waals surface area contributed by atoms with Crippen LogP contribution in [0.1, 0.15) is 50.4 Å². The van der Waals surface area contributed by atoms with Gasteiger partial charge in [-0.05, 0) is 64.3 Å². The smallest absolute Gasteiger partial charge is 0.159 e. The fourth-order valence-electron chi connectivity index (χ4n) is 3.30. The van der Waals surface area contributed by atoms with E-state index in [0.717, 1.165) is 6.54 Å². The molecule has 1 unspecified atom stereocenters. The van der Waals surface area contributed by atoms with Crippen LogP contribution in [0.3, 0.4) is 0 Å². The van der Waals surface area contributed by atoms with Gasteiger partial charge < -0.3 is 14.7 Å². The first kappa shape index (κ1) is 17.0. The monoisotopic (exact) mass is 306 g/mol. The molecule has 2 N–H and O–H groups in total. The van der Waals surface area contributed by atoms with Crippen LogP contribution in [0.5, 0.6) is 5.75 Å². The molecule has 0 aromatic heterocycles. The van der Waals surface area contributed by atoms with Gasteiger partial charge in [0.15, 0.2) is 5.78 Å². The summed E-state index contributed by atoms with van der Waals surface area (Å²) in [4.78, 5) is 12.7. The van der Waals surface area contributed by atoms with Crippen molar-refractivity contribution in [1.82, 2.24) is 0 Å². The summed E-state index contributed by atoms with van der Waals surface area (Å²) in [6.45, 7) is 7.09. The van der Waals surface area contributed by atoms with E-state index in [0.29, 0.717) is 30.0 Å². The highest BCUT2D eigenvalue weighted by Gasteiger charge is 2.30. The fourth-order valence-corrected chi connectivity index (χ4v) is 3.30. The summed E-state index contributed by atoms with van der Waals surface area (Å²) in [7, 11) is 0. The van der Waals surface area contributed by atoms with Crippen molar-refractivity contribution in [2.24, 2.45) is 0 Å². The van der Waals surface area contributed by atoms with Crippen molar-refractivity contribution in [2.75, 3.05) is 13.2 Å². The second kappa shape index (κ2) is 7.75. The van der Waals surface area contributed by atoms with Crippen LogP contribution in [0.25, 0.3) is 0 Å².